The Morgan fingerprint density at radius 1 is 1.21 bits per heavy atom. The molecule has 1 aromatic carbocycles. The van der Waals surface area contributed by atoms with Crippen molar-refractivity contribution >= 4 is 23.3 Å². The van der Waals surface area contributed by atoms with Gasteiger partial charge in [0.05, 0.1) is 0 Å². The molecule has 5 rings (SSSR count). The molecule has 29 heavy (non-hydrogen) atoms. The van der Waals surface area contributed by atoms with Gasteiger partial charge in [0.1, 0.15) is 25.3 Å². The van der Waals surface area contributed by atoms with Gasteiger partial charge in [-0.05, 0) is 36.1 Å². The fraction of sp³-hybridized carbons (Fsp3) is 0.263. The van der Waals surface area contributed by atoms with Gasteiger partial charge in [0.15, 0.2) is 11.5 Å². The van der Waals surface area contributed by atoms with Crippen LogP contribution in [-0.2, 0) is 16.9 Å². The van der Waals surface area contributed by atoms with E-state index in [1.54, 1.807) is 25.1 Å². The molecule has 10 heteroatoms. The zero-order chi connectivity index (χ0) is 20.0. The number of nitrogens with zero attached hydrogens (tertiary/aromatic N) is 3. The Morgan fingerprint density at radius 2 is 2.03 bits per heavy atom. The first-order valence-corrected chi connectivity index (χ1v) is 9.88. The number of ether oxygens (including phenoxy) is 2. The minimum Gasteiger partial charge on any atom is -0.486 e. The number of imide groups is 1. The van der Waals surface area contributed by atoms with Crippen molar-refractivity contribution in [3.63, 3.8) is 0 Å². The minimum atomic E-state index is -1.23. The zero-order valence-electron chi connectivity index (χ0n) is 15.4. The van der Waals surface area contributed by atoms with E-state index in [1.165, 1.54) is 11.3 Å². The van der Waals surface area contributed by atoms with E-state index in [0.717, 1.165) is 10.5 Å². The maximum absolute atomic E-state index is 13.1. The molecule has 0 spiro atoms. The molecule has 0 aliphatic carbocycles. The number of urea groups is 1. The molecular weight excluding hydrogens is 396 g/mol. The van der Waals surface area contributed by atoms with Crippen molar-refractivity contribution in [2.45, 2.75) is 19.0 Å². The molecule has 0 unspecified atom stereocenters. The second kappa shape index (κ2) is 6.59. The lowest BCUT2D eigenvalue weighted by molar-refractivity contribution is -0.131. The molecule has 1 N–H and O–H groups in total. The van der Waals surface area contributed by atoms with Gasteiger partial charge in [-0.1, -0.05) is 11.2 Å². The number of hydrogen-bond acceptors (Lipinski definition) is 8. The van der Waals surface area contributed by atoms with Crippen LogP contribution in [0.1, 0.15) is 18.4 Å². The van der Waals surface area contributed by atoms with Gasteiger partial charge in [0.25, 0.3) is 5.91 Å². The number of rotatable bonds is 4. The van der Waals surface area contributed by atoms with Crippen molar-refractivity contribution in [3.05, 3.63) is 46.5 Å². The summed E-state index contributed by atoms with van der Waals surface area (Å²) in [6.45, 7) is 2.46. The molecular formula is C19H16N4O5S. The van der Waals surface area contributed by atoms with E-state index in [4.69, 9.17) is 14.0 Å². The van der Waals surface area contributed by atoms with Gasteiger partial charge in [-0.15, -0.1) is 0 Å². The van der Waals surface area contributed by atoms with Crippen LogP contribution in [0.15, 0.2) is 39.5 Å². The third-order valence-corrected chi connectivity index (χ3v) is 5.62. The second-order valence-corrected chi connectivity index (χ2v) is 7.61. The molecule has 1 saturated heterocycles. The van der Waals surface area contributed by atoms with E-state index in [2.05, 4.69) is 15.5 Å². The Kier molecular flexibility index (Phi) is 4.02. The van der Waals surface area contributed by atoms with E-state index in [9.17, 15) is 9.59 Å². The van der Waals surface area contributed by atoms with Crippen molar-refractivity contribution in [2.24, 2.45) is 0 Å². The third-order valence-electron chi connectivity index (χ3n) is 4.94. The fourth-order valence-electron chi connectivity index (χ4n) is 3.35. The largest absolute Gasteiger partial charge is 0.486 e. The minimum absolute atomic E-state index is 0.109. The third kappa shape index (κ3) is 2.92. The molecule has 148 valence electrons. The number of hydrogen-bond donors (Lipinski definition) is 1. The highest BCUT2D eigenvalue weighted by Crippen LogP contribution is 2.37. The summed E-state index contributed by atoms with van der Waals surface area (Å²) in [5.41, 5.74) is 0.193. The first-order valence-electron chi connectivity index (χ1n) is 8.94. The summed E-state index contributed by atoms with van der Waals surface area (Å²) < 4.78 is 16.3. The van der Waals surface area contributed by atoms with E-state index in [0.29, 0.717) is 36.1 Å². The second-order valence-electron chi connectivity index (χ2n) is 6.83. The Hall–Kier alpha value is -3.40. The highest BCUT2D eigenvalue weighted by atomic mass is 32.1. The average molecular weight is 412 g/mol. The fourth-order valence-corrected chi connectivity index (χ4v) is 3.99. The molecule has 1 fully saturated rings. The summed E-state index contributed by atoms with van der Waals surface area (Å²) in [6, 6.07) is 6.55. The number of amides is 3. The summed E-state index contributed by atoms with van der Waals surface area (Å²) in [5.74, 6) is 1.36. The predicted octanol–water partition coefficient (Wildman–Crippen LogP) is 2.54. The van der Waals surface area contributed by atoms with Crippen molar-refractivity contribution in [1.82, 2.24) is 20.4 Å². The van der Waals surface area contributed by atoms with E-state index < -0.39 is 17.5 Å². The van der Waals surface area contributed by atoms with Crippen molar-refractivity contribution in [3.8, 4) is 22.9 Å². The van der Waals surface area contributed by atoms with Crippen LogP contribution < -0.4 is 14.8 Å². The number of aromatic nitrogens is 2. The van der Waals surface area contributed by atoms with Gasteiger partial charge >= 0.3 is 6.03 Å². The van der Waals surface area contributed by atoms with Crippen LogP contribution in [-0.4, -0.2) is 40.2 Å². The van der Waals surface area contributed by atoms with Crippen LogP contribution in [0.3, 0.4) is 0 Å². The Bertz CT molecular complexity index is 1100. The van der Waals surface area contributed by atoms with E-state index >= 15 is 0 Å². The van der Waals surface area contributed by atoms with Crippen LogP contribution >= 0.6 is 11.3 Å². The van der Waals surface area contributed by atoms with Gasteiger partial charge in [0, 0.05) is 10.9 Å². The Labute approximate surface area is 169 Å². The maximum atomic E-state index is 13.1. The average Bonchev–Trinajstić information content (AvgIpc) is 3.46. The summed E-state index contributed by atoms with van der Waals surface area (Å²) in [6.07, 6.45) is 0. The maximum Gasteiger partial charge on any atom is 0.325 e. The van der Waals surface area contributed by atoms with Crippen molar-refractivity contribution in [1.29, 1.82) is 0 Å². The lowest BCUT2D eigenvalue weighted by atomic mass is 9.91. The monoisotopic (exact) mass is 412 g/mol. The van der Waals surface area contributed by atoms with Crippen LogP contribution in [0, 0.1) is 0 Å². The quantitative estimate of drug-likeness (QED) is 0.656. The molecule has 2 aromatic heterocycles. The first kappa shape index (κ1) is 17.7. The van der Waals surface area contributed by atoms with Crippen LogP contribution in [0.5, 0.6) is 11.5 Å². The Balaban J connectivity index is 1.39. The standard InChI is InChI=1S/C19H16N4O5S/c1-19(12-2-3-13-14(8-12)27-6-5-26-13)17(24)23(18(25)21-19)9-15-20-16(22-28-15)11-4-7-29-10-11/h2-4,7-8,10H,5-6,9H2,1H3,(H,21,25)/t19-/m0/s1. The zero-order valence-corrected chi connectivity index (χ0v) is 16.2. The normalized spacial score (nSPS) is 20.8. The molecule has 0 bridgehead atoms. The number of fused-ring (bicyclic) bond motifs is 1. The van der Waals surface area contributed by atoms with Gasteiger partial charge < -0.3 is 19.3 Å². The van der Waals surface area contributed by atoms with Crippen molar-refractivity contribution in [2.75, 3.05) is 13.2 Å². The van der Waals surface area contributed by atoms with Crippen LogP contribution in [0.25, 0.3) is 11.4 Å². The number of carbonyl (C=O) groups excluding carboxylic acids is 2. The highest BCUT2D eigenvalue weighted by molar-refractivity contribution is 7.08. The SMILES string of the molecule is C[C@@]1(c2ccc3c(c2)OCCO3)NC(=O)N(Cc2nc(-c3ccsc3)no2)C1=O. The molecule has 9 nitrogen and oxygen atoms in total. The van der Waals surface area contributed by atoms with Crippen LogP contribution in [0.2, 0.25) is 0 Å². The molecule has 0 saturated carbocycles. The predicted molar refractivity (Wildman–Crippen MR) is 101 cm³/mol. The summed E-state index contributed by atoms with van der Waals surface area (Å²) in [5, 5.41) is 10.5. The van der Waals surface area contributed by atoms with Gasteiger partial charge in [-0.2, -0.15) is 16.3 Å². The lowest BCUT2D eigenvalue weighted by Crippen LogP contribution is -2.41. The molecule has 4 heterocycles. The molecule has 2 aliphatic rings. The molecule has 0 radical (unpaired) electrons. The van der Waals surface area contributed by atoms with E-state index in [-0.39, 0.29) is 12.4 Å². The highest BCUT2D eigenvalue weighted by Gasteiger charge is 2.49. The topological polar surface area (TPSA) is 107 Å². The van der Waals surface area contributed by atoms with E-state index in [1.807, 2.05) is 16.8 Å². The van der Waals surface area contributed by atoms with Gasteiger partial charge in [0.2, 0.25) is 11.7 Å². The molecule has 3 amide bonds. The molecule has 2 aliphatic heterocycles. The van der Waals surface area contributed by atoms with Crippen LogP contribution in [0.4, 0.5) is 4.79 Å². The lowest BCUT2D eigenvalue weighted by Gasteiger charge is -2.25. The van der Waals surface area contributed by atoms with Gasteiger partial charge in [-0.25, -0.2) is 4.79 Å². The smallest absolute Gasteiger partial charge is 0.325 e. The summed E-state index contributed by atoms with van der Waals surface area (Å²) in [7, 11) is 0. The number of nitrogens with one attached hydrogen (secondary N) is 1. The molecule has 3 aromatic rings. The summed E-state index contributed by atoms with van der Waals surface area (Å²) >= 11 is 1.51. The van der Waals surface area contributed by atoms with Crippen molar-refractivity contribution < 1.29 is 23.6 Å². The Morgan fingerprint density at radius 3 is 2.83 bits per heavy atom. The number of thiophene rings is 1. The molecule has 1 atom stereocenters. The number of carbonyl (C=O) groups is 2. The number of benzene rings is 1. The summed E-state index contributed by atoms with van der Waals surface area (Å²) in [4.78, 5) is 31.0. The van der Waals surface area contributed by atoms with Gasteiger partial charge in [-0.3, -0.25) is 9.69 Å². The first-order chi connectivity index (χ1) is 14.0.